The fourth-order valence-electron chi connectivity index (χ4n) is 3.22. The Morgan fingerprint density at radius 2 is 1.95 bits per heavy atom. The van der Waals surface area contributed by atoms with Gasteiger partial charge in [0, 0.05) is 17.6 Å². The number of nitrogens with two attached hydrogens (primary N) is 1. The van der Waals surface area contributed by atoms with E-state index in [0.717, 1.165) is 18.6 Å². The molecule has 0 aromatic heterocycles. The molecule has 0 spiro atoms. The van der Waals surface area contributed by atoms with E-state index in [4.69, 9.17) is 10.5 Å². The predicted molar refractivity (Wildman–Crippen MR) is 79.5 cm³/mol. The number of methoxy groups -OCH3 is 1. The van der Waals surface area contributed by atoms with Crippen molar-refractivity contribution in [3.63, 3.8) is 0 Å². The molecule has 1 unspecified atom stereocenters. The number of hydrogen-bond donors (Lipinski definition) is 2. The minimum atomic E-state index is 0.363. The second kappa shape index (κ2) is 6.40. The highest BCUT2D eigenvalue weighted by molar-refractivity contribution is 5.39. The highest BCUT2D eigenvalue weighted by Gasteiger charge is 2.28. The summed E-state index contributed by atoms with van der Waals surface area (Å²) in [7, 11) is 3.79. The van der Waals surface area contributed by atoms with Gasteiger partial charge in [0.05, 0.1) is 7.11 Å². The highest BCUT2D eigenvalue weighted by Crippen LogP contribution is 2.37. The quantitative estimate of drug-likeness (QED) is 0.877. The zero-order valence-electron chi connectivity index (χ0n) is 12.3. The van der Waals surface area contributed by atoms with E-state index in [1.54, 1.807) is 7.11 Å². The van der Waals surface area contributed by atoms with Crippen LogP contribution in [0.15, 0.2) is 18.2 Å². The molecule has 3 heteroatoms. The second-order valence-corrected chi connectivity index (χ2v) is 5.69. The molecule has 1 aliphatic rings. The van der Waals surface area contributed by atoms with Gasteiger partial charge in [-0.3, -0.25) is 0 Å². The SMILES string of the molecule is CNC(c1cc(C)ccc1OC)C1CCC(N)CC1. The molecule has 2 rings (SSSR count). The Morgan fingerprint density at radius 3 is 2.53 bits per heavy atom. The molecule has 1 saturated carbocycles. The molecule has 1 fully saturated rings. The van der Waals surface area contributed by atoms with Gasteiger partial charge < -0.3 is 15.8 Å². The molecule has 0 heterocycles. The van der Waals surface area contributed by atoms with E-state index in [2.05, 4.69) is 30.4 Å². The third-order valence-electron chi connectivity index (χ3n) is 4.32. The molecular formula is C16H26N2O. The Bertz CT molecular complexity index is 411. The summed E-state index contributed by atoms with van der Waals surface area (Å²) in [4.78, 5) is 0. The van der Waals surface area contributed by atoms with E-state index in [-0.39, 0.29) is 0 Å². The van der Waals surface area contributed by atoms with Gasteiger partial charge in [-0.05, 0) is 51.6 Å². The molecule has 106 valence electrons. The third-order valence-corrected chi connectivity index (χ3v) is 4.32. The van der Waals surface area contributed by atoms with Crippen LogP contribution in [-0.2, 0) is 0 Å². The van der Waals surface area contributed by atoms with Crippen LogP contribution in [0.3, 0.4) is 0 Å². The summed E-state index contributed by atoms with van der Waals surface area (Å²) in [6.45, 7) is 2.13. The zero-order valence-corrected chi connectivity index (χ0v) is 12.3. The smallest absolute Gasteiger partial charge is 0.123 e. The minimum absolute atomic E-state index is 0.363. The maximum atomic E-state index is 6.01. The number of nitrogens with one attached hydrogen (secondary N) is 1. The van der Waals surface area contributed by atoms with E-state index in [1.165, 1.54) is 24.0 Å². The lowest BCUT2D eigenvalue weighted by atomic mass is 9.79. The Morgan fingerprint density at radius 1 is 1.26 bits per heavy atom. The molecule has 0 saturated heterocycles. The van der Waals surface area contributed by atoms with E-state index in [1.807, 2.05) is 7.05 Å². The number of rotatable bonds is 4. The summed E-state index contributed by atoms with van der Waals surface area (Å²) >= 11 is 0. The van der Waals surface area contributed by atoms with Crippen LogP contribution in [0.2, 0.25) is 0 Å². The zero-order chi connectivity index (χ0) is 13.8. The first-order valence-electron chi connectivity index (χ1n) is 7.23. The van der Waals surface area contributed by atoms with E-state index in [0.29, 0.717) is 18.0 Å². The van der Waals surface area contributed by atoms with Crippen molar-refractivity contribution in [1.82, 2.24) is 5.32 Å². The van der Waals surface area contributed by atoms with Crippen LogP contribution in [0, 0.1) is 12.8 Å². The molecular weight excluding hydrogens is 236 g/mol. The van der Waals surface area contributed by atoms with Crippen molar-refractivity contribution in [2.75, 3.05) is 14.2 Å². The van der Waals surface area contributed by atoms with Gasteiger partial charge in [-0.2, -0.15) is 0 Å². The van der Waals surface area contributed by atoms with Crippen LogP contribution in [-0.4, -0.2) is 20.2 Å². The first-order valence-corrected chi connectivity index (χ1v) is 7.23. The number of hydrogen-bond acceptors (Lipinski definition) is 3. The summed E-state index contributed by atoms with van der Waals surface area (Å²) in [6, 6.07) is 7.18. The van der Waals surface area contributed by atoms with Crippen molar-refractivity contribution >= 4 is 0 Å². The van der Waals surface area contributed by atoms with Crippen LogP contribution in [0.25, 0.3) is 0 Å². The Hall–Kier alpha value is -1.06. The average molecular weight is 262 g/mol. The van der Waals surface area contributed by atoms with E-state index in [9.17, 15) is 0 Å². The topological polar surface area (TPSA) is 47.3 Å². The second-order valence-electron chi connectivity index (χ2n) is 5.69. The van der Waals surface area contributed by atoms with E-state index >= 15 is 0 Å². The van der Waals surface area contributed by atoms with Crippen LogP contribution >= 0.6 is 0 Å². The van der Waals surface area contributed by atoms with E-state index < -0.39 is 0 Å². The number of benzene rings is 1. The Kier molecular flexibility index (Phi) is 4.83. The van der Waals surface area contributed by atoms with Gasteiger partial charge in [0.25, 0.3) is 0 Å². The van der Waals surface area contributed by atoms with Crippen molar-refractivity contribution < 1.29 is 4.74 Å². The molecule has 1 aromatic carbocycles. The van der Waals surface area contributed by atoms with Crippen LogP contribution in [0.1, 0.15) is 42.9 Å². The number of ether oxygens (including phenoxy) is 1. The lowest BCUT2D eigenvalue weighted by Crippen LogP contribution is -2.33. The van der Waals surface area contributed by atoms with Crippen molar-refractivity contribution in [3.8, 4) is 5.75 Å². The Balaban J connectivity index is 2.23. The van der Waals surface area contributed by atoms with Crippen molar-refractivity contribution in [1.29, 1.82) is 0 Å². The minimum Gasteiger partial charge on any atom is -0.496 e. The molecule has 3 N–H and O–H groups in total. The van der Waals surface area contributed by atoms with Gasteiger partial charge in [-0.1, -0.05) is 17.7 Å². The van der Waals surface area contributed by atoms with Crippen LogP contribution in [0.5, 0.6) is 5.75 Å². The lowest BCUT2D eigenvalue weighted by molar-refractivity contribution is 0.258. The molecule has 3 nitrogen and oxygen atoms in total. The first kappa shape index (κ1) is 14.4. The maximum Gasteiger partial charge on any atom is 0.123 e. The largest absolute Gasteiger partial charge is 0.496 e. The molecule has 1 aliphatic carbocycles. The van der Waals surface area contributed by atoms with Gasteiger partial charge in [0.1, 0.15) is 5.75 Å². The monoisotopic (exact) mass is 262 g/mol. The van der Waals surface area contributed by atoms with Crippen LogP contribution in [0.4, 0.5) is 0 Å². The molecule has 0 amide bonds. The third kappa shape index (κ3) is 3.28. The normalized spacial score (nSPS) is 25.1. The summed E-state index contributed by atoms with van der Waals surface area (Å²) in [5, 5.41) is 3.48. The summed E-state index contributed by atoms with van der Waals surface area (Å²) in [5.74, 6) is 1.64. The molecule has 0 aliphatic heterocycles. The molecule has 1 aromatic rings. The van der Waals surface area contributed by atoms with Gasteiger partial charge in [-0.25, -0.2) is 0 Å². The van der Waals surface area contributed by atoms with Crippen molar-refractivity contribution in [2.24, 2.45) is 11.7 Å². The number of aryl methyl sites for hydroxylation is 1. The lowest BCUT2D eigenvalue weighted by Gasteiger charge is -2.33. The standard InChI is InChI=1S/C16H26N2O/c1-11-4-9-15(19-3)14(10-11)16(18-2)12-5-7-13(17)8-6-12/h4,9-10,12-13,16,18H,5-8,17H2,1-3H3. The highest BCUT2D eigenvalue weighted by atomic mass is 16.5. The van der Waals surface area contributed by atoms with Gasteiger partial charge in [-0.15, -0.1) is 0 Å². The molecule has 19 heavy (non-hydrogen) atoms. The average Bonchev–Trinajstić information content (AvgIpc) is 2.42. The van der Waals surface area contributed by atoms with Gasteiger partial charge >= 0.3 is 0 Å². The summed E-state index contributed by atoms with van der Waals surface area (Å²) < 4.78 is 5.53. The van der Waals surface area contributed by atoms with Crippen molar-refractivity contribution in [2.45, 2.75) is 44.7 Å². The fourth-order valence-corrected chi connectivity index (χ4v) is 3.22. The predicted octanol–water partition coefficient (Wildman–Crippen LogP) is 2.78. The molecule has 0 bridgehead atoms. The fraction of sp³-hybridized carbons (Fsp3) is 0.625. The van der Waals surface area contributed by atoms with Crippen molar-refractivity contribution in [3.05, 3.63) is 29.3 Å². The maximum absolute atomic E-state index is 6.01. The summed E-state index contributed by atoms with van der Waals surface area (Å²) in [6.07, 6.45) is 4.67. The van der Waals surface area contributed by atoms with Gasteiger partial charge in [0.15, 0.2) is 0 Å². The first-order chi connectivity index (χ1) is 9.15. The van der Waals surface area contributed by atoms with Crippen LogP contribution < -0.4 is 15.8 Å². The summed E-state index contributed by atoms with van der Waals surface area (Å²) in [5.41, 5.74) is 8.58. The molecule has 1 atom stereocenters. The Labute approximate surface area is 116 Å². The molecule has 0 radical (unpaired) electrons. The van der Waals surface area contributed by atoms with Gasteiger partial charge in [0.2, 0.25) is 0 Å².